The Morgan fingerprint density at radius 2 is 1.55 bits per heavy atom. The van der Waals surface area contributed by atoms with Gasteiger partial charge in [-0.25, -0.2) is 0 Å². The lowest BCUT2D eigenvalue weighted by molar-refractivity contribution is 0.114. The minimum Gasteiger partial charge on any atom is -0.352 e. The van der Waals surface area contributed by atoms with Crippen molar-refractivity contribution in [2.75, 3.05) is 7.05 Å². The third-order valence-electron chi connectivity index (χ3n) is 12.3. The van der Waals surface area contributed by atoms with Crippen LogP contribution in [0.5, 0.6) is 0 Å². The first-order chi connectivity index (χ1) is 25.0. The second-order valence-corrected chi connectivity index (χ2v) is 16.4. The molecule has 10 rings (SSSR count). The Morgan fingerprint density at radius 3 is 2.39 bits per heavy atom. The van der Waals surface area contributed by atoms with Crippen molar-refractivity contribution in [3.05, 3.63) is 179 Å². The van der Waals surface area contributed by atoms with Gasteiger partial charge in [0, 0.05) is 33.1 Å². The molecular formula is C47H43N3S. The molecule has 7 unspecified atom stereocenters. The normalized spacial score (nSPS) is 29.8. The van der Waals surface area contributed by atoms with Crippen LogP contribution in [-0.2, 0) is 0 Å². The number of hydrogen-bond acceptors (Lipinski definition) is 3. The molecule has 0 radical (unpaired) electrons. The number of fused-ring (bicyclic) bond motifs is 7. The minimum absolute atomic E-state index is 0.0869. The van der Waals surface area contributed by atoms with Crippen LogP contribution in [0.15, 0.2) is 173 Å². The number of aromatic nitrogens is 1. The van der Waals surface area contributed by atoms with Gasteiger partial charge in [0.2, 0.25) is 0 Å². The fourth-order valence-corrected chi connectivity index (χ4v) is 11.2. The van der Waals surface area contributed by atoms with Crippen molar-refractivity contribution in [1.82, 2.24) is 14.8 Å². The van der Waals surface area contributed by atoms with E-state index in [4.69, 9.17) is 0 Å². The number of nitrogens with zero attached hydrogens (tertiary/aromatic N) is 2. The Balaban J connectivity index is 1.10. The number of thioether (sulfide) groups is 1. The van der Waals surface area contributed by atoms with E-state index in [-0.39, 0.29) is 17.7 Å². The summed E-state index contributed by atoms with van der Waals surface area (Å²) in [6.45, 7) is 4.90. The summed E-state index contributed by atoms with van der Waals surface area (Å²) in [6.07, 6.45) is 20.9. The SMILES string of the molecule is CC1CC=CC2(C)C3=C(C=CC12)C1C=C(C2=CC(c4ccccc4)N(C)C(n4c5ccccc5c5ccc(-c6ccccc6)cc54)N2)C=CC1S3. The highest BCUT2D eigenvalue weighted by atomic mass is 32.2. The molecular weight excluding hydrogens is 639 g/mol. The Bertz CT molecular complexity index is 2370. The maximum Gasteiger partial charge on any atom is 0.162 e. The number of para-hydroxylation sites is 1. The molecule has 3 aliphatic carbocycles. The molecule has 3 heterocycles. The molecule has 252 valence electrons. The summed E-state index contributed by atoms with van der Waals surface area (Å²) in [4.78, 5) is 4.07. The van der Waals surface area contributed by atoms with Crippen LogP contribution in [0.3, 0.4) is 0 Å². The molecule has 7 atom stereocenters. The molecule has 4 heteroatoms. The van der Waals surface area contributed by atoms with Gasteiger partial charge in [-0.2, -0.15) is 0 Å². The molecule has 0 saturated carbocycles. The lowest BCUT2D eigenvalue weighted by atomic mass is 9.63. The fraction of sp³-hybridized carbons (Fsp3) is 0.234. The van der Waals surface area contributed by atoms with Gasteiger partial charge in [0.15, 0.2) is 6.29 Å². The topological polar surface area (TPSA) is 20.2 Å². The molecule has 0 amide bonds. The van der Waals surface area contributed by atoms with Gasteiger partial charge in [-0.3, -0.25) is 4.90 Å². The molecule has 4 aromatic carbocycles. The van der Waals surface area contributed by atoms with Gasteiger partial charge >= 0.3 is 0 Å². The van der Waals surface area contributed by atoms with Gasteiger partial charge in [0.05, 0.1) is 17.1 Å². The van der Waals surface area contributed by atoms with Crippen molar-refractivity contribution in [2.24, 2.45) is 23.2 Å². The van der Waals surface area contributed by atoms with Crippen LogP contribution in [-0.4, -0.2) is 21.8 Å². The predicted molar refractivity (Wildman–Crippen MR) is 215 cm³/mol. The quantitative estimate of drug-likeness (QED) is 0.191. The van der Waals surface area contributed by atoms with Crippen LogP contribution >= 0.6 is 11.8 Å². The van der Waals surface area contributed by atoms with Crippen molar-refractivity contribution in [3.63, 3.8) is 0 Å². The van der Waals surface area contributed by atoms with Gasteiger partial charge in [0.1, 0.15) is 0 Å². The third-order valence-corrected chi connectivity index (χ3v) is 13.9. The molecule has 5 aliphatic rings. The van der Waals surface area contributed by atoms with E-state index in [1.54, 1.807) is 4.91 Å². The van der Waals surface area contributed by atoms with E-state index in [9.17, 15) is 0 Å². The molecule has 1 aromatic heterocycles. The van der Waals surface area contributed by atoms with Crippen LogP contribution in [0, 0.1) is 23.2 Å². The number of rotatable bonds is 4. The van der Waals surface area contributed by atoms with Gasteiger partial charge in [-0.05, 0) is 76.3 Å². The molecule has 0 bridgehead atoms. The fourth-order valence-electron chi connectivity index (χ4n) is 9.60. The second-order valence-electron chi connectivity index (χ2n) is 15.3. The summed E-state index contributed by atoms with van der Waals surface area (Å²) in [5, 5.41) is 7.10. The highest BCUT2D eigenvalue weighted by Crippen LogP contribution is 2.61. The summed E-state index contributed by atoms with van der Waals surface area (Å²) in [7, 11) is 2.26. The van der Waals surface area contributed by atoms with E-state index in [2.05, 4.69) is 199 Å². The molecule has 1 N–H and O–H groups in total. The van der Waals surface area contributed by atoms with E-state index in [0.717, 1.165) is 0 Å². The third kappa shape index (κ3) is 4.83. The molecule has 3 nitrogen and oxygen atoms in total. The maximum atomic E-state index is 4.11. The van der Waals surface area contributed by atoms with E-state index < -0.39 is 0 Å². The predicted octanol–water partition coefficient (Wildman–Crippen LogP) is 11.3. The molecule has 5 aromatic rings. The standard InChI is InChI=1S/C47H43N3S/c1-30-13-12-26-47(2)39(30)24-23-37-38-27-34(21-25-44(38)51-45(37)47)40-29-42(32-16-8-5-9-17-32)49(3)46(48-40)50-41-19-11-10-18-35(41)36-22-20-33(28-43(36)50)31-14-6-4-7-15-31/h4-12,14-30,38-39,42,44,46,48H,13H2,1-3H3. The second kappa shape index (κ2) is 11.9. The summed E-state index contributed by atoms with van der Waals surface area (Å²) >= 11 is 2.11. The van der Waals surface area contributed by atoms with Gasteiger partial charge in [0.25, 0.3) is 0 Å². The number of hydrogen-bond donors (Lipinski definition) is 1. The van der Waals surface area contributed by atoms with E-state index >= 15 is 0 Å². The lowest BCUT2D eigenvalue weighted by Crippen LogP contribution is -2.45. The molecule has 0 fully saturated rings. The van der Waals surface area contributed by atoms with Crippen LogP contribution in [0.25, 0.3) is 32.9 Å². The highest BCUT2D eigenvalue weighted by Gasteiger charge is 2.48. The monoisotopic (exact) mass is 681 g/mol. The summed E-state index contributed by atoms with van der Waals surface area (Å²) in [6, 6.07) is 37.7. The van der Waals surface area contributed by atoms with Crippen molar-refractivity contribution in [3.8, 4) is 11.1 Å². The van der Waals surface area contributed by atoms with E-state index in [1.807, 2.05) is 0 Å². The number of allylic oxidation sites excluding steroid dienone is 8. The first-order valence-electron chi connectivity index (χ1n) is 18.5. The van der Waals surface area contributed by atoms with Crippen LogP contribution < -0.4 is 5.32 Å². The minimum atomic E-state index is -0.119. The van der Waals surface area contributed by atoms with Crippen molar-refractivity contribution in [2.45, 2.75) is 37.8 Å². The van der Waals surface area contributed by atoms with Gasteiger partial charge < -0.3 is 9.88 Å². The van der Waals surface area contributed by atoms with Gasteiger partial charge in [-0.1, -0.05) is 147 Å². The maximum absolute atomic E-state index is 4.11. The number of nitrogens with one attached hydrogen (secondary N) is 1. The summed E-state index contributed by atoms with van der Waals surface area (Å²) in [5.74, 6) is 1.60. The largest absolute Gasteiger partial charge is 0.352 e. The molecule has 0 spiro atoms. The zero-order chi connectivity index (χ0) is 34.3. The average molecular weight is 682 g/mol. The zero-order valence-electron chi connectivity index (χ0n) is 29.4. The first kappa shape index (κ1) is 31.0. The smallest absolute Gasteiger partial charge is 0.162 e. The Labute approximate surface area is 305 Å². The van der Waals surface area contributed by atoms with Crippen LogP contribution in [0.1, 0.15) is 38.2 Å². The first-order valence-corrected chi connectivity index (χ1v) is 19.4. The number of benzene rings is 4. The summed E-state index contributed by atoms with van der Waals surface area (Å²) < 4.78 is 2.53. The Morgan fingerprint density at radius 1 is 0.784 bits per heavy atom. The zero-order valence-corrected chi connectivity index (χ0v) is 30.2. The number of likely N-dealkylation sites (N-methyl/N-ethyl adjacent to an activating group) is 1. The average Bonchev–Trinajstić information content (AvgIpc) is 3.72. The van der Waals surface area contributed by atoms with E-state index in [0.29, 0.717) is 23.0 Å². The Hall–Kier alpha value is -4.77. The molecule has 2 aliphatic heterocycles. The highest BCUT2D eigenvalue weighted by molar-refractivity contribution is 8.04. The van der Waals surface area contributed by atoms with Crippen LogP contribution in [0.2, 0.25) is 0 Å². The van der Waals surface area contributed by atoms with Crippen molar-refractivity contribution in [1.29, 1.82) is 0 Å². The lowest BCUT2D eigenvalue weighted by Gasteiger charge is -2.43. The summed E-state index contributed by atoms with van der Waals surface area (Å²) in [5.41, 5.74) is 10.3. The molecule has 51 heavy (non-hydrogen) atoms. The van der Waals surface area contributed by atoms with Crippen molar-refractivity contribution < 1.29 is 0 Å². The Kier molecular flexibility index (Phi) is 7.23. The van der Waals surface area contributed by atoms with Crippen molar-refractivity contribution >= 4 is 33.6 Å². The molecule has 0 saturated heterocycles. The van der Waals surface area contributed by atoms with E-state index in [1.165, 1.54) is 61.8 Å². The van der Waals surface area contributed by atoms with Gasteiger partial charge in [-0.15, -0.1) is 11.8 Å². The van der Waals surface area contributed by atoms with Crippen LogP contribution in [0.4, 0.5) is 0 Å².